The molecule has 0 amide bonds. The van der Waals surface area contributed by atoms with Crippen LogP contribution in [0.15, 0.2) is 0 Å². The van der Waals surface area contributed by atoms with E-state index < -0.39 is 0 Å². The zero-order valence-corrected chi connectivity index (χ0v) is 14.5. The number of hydrogen-bond donors (Lipinski definition) is 1. The maximum absolute atomic E-state index is 5.53. The standard InChI is InChI=1S/C18H36N2O/c1-4-10-19-17(15-16-8-13-21-14-9-16)18(2,3)20-11-6-5-7-12-20/h16-17,19H,4-15H2,1-3H3. The van der Waals surface area contributed by atoms with Gasteiger partial charge in [0.15, 0.2) is 0 Å². The molecule has 124 valence electrons. The number of likely N-dealkylation sites (tertiary alicyclic amines) is 1. The van der Waals surface area contributed by atoms with E-state index in [1.165, 1.54) is 58.0 Å². The van der Waals surface area contributed by atoms with Gasteiger partial charge in [-0.3, -0.25) is 4.90 Å². The van der Waals surface area contributed by atoms with E-state index in [1.807, 2.05) is 0 Å². The molecule has 2 saturated heterocycles. The summed E-state index contributed by atoms with van der Waals surface area (Å²) in [4.78, 5) is 2.74. The van der Waals surface area contributed by atoms with Crippen LogP contribution in [0.5, 0.6) is 0 Å². The minimum absolute atomic E-state index is 0.272. The highest BCUT2D eigenvalue weighted by molar-refractivity contribution is 4.95. The Labute approximate surface area is 131 Å². The van der Waals surface area contributed by atoms with Gasteiger partial charge in [-0.1, -0.05) is 13.3 Å². The first-order valence-corrected chi connectivity index (χ1v) is 9.20. The van der Waals surface area contributed by atoms with E-state index in [9.17, 15) is 0 Å². The third kappa shape index (κ3) is 4.94. The van der Waals surface area contributed by atoms with Crippen LogP contribution >= 0.6 is 0 Å². The maximum atomic E-state index is 5.53. The number of nitrogens with one attached hydrogen (secondary N) is 1. The molecule has 2 aliphatic heterocycles. The van der Waals surface area contributed by atoms with Crippen LogP contribution in [-0.4, -0.2) is 49.3 Å². The van der Waals surface area contributed by atoms with Crippen molar-refractivity contribution in [2.24, 2.45) is 5.92 Å². The van der Waals surface area contributed by atoms with Crippen molar-refractivity contribution in [2.45, 2.75) is 77.3 Å². The van der Waals surface area contributed by atoms with Crippen LogP contribution in [0, 0.1) is 5.92 Å². The zero-order valence-electron chi connectivity index (χ0n) is 14.5. The Balaban J connectivity index is 1.97. The van der Waals surface area contributed by atoms with Crippen molar-refractivity contribution in [3.8, 4) is 0 Å². The van der Waals surface area contributed by atoms with Gasteiger partial charge in [-0.2, -0.15) is 0 Å². The summed E-state index contributed by atoms with van der Waals surface area (Å²) in [7, 11) is 0. The first-order chi connectivity index (χ1) is 10.1. The molecule has 0 spiro atoms. The van der Waals surface area contributed by atoms with Crippen LogP contribution in [0.2, 0.25) is 0 Å². The van der Waals surface area contributed by atoms with Crippen LogP contribution in [0.4, 0.5) is 0 Å². The topological polar surface area (TPSA) is 24.5 Å². The van der Waals surface area contributed by atoms with Crippen molar-refractivity contribution in [3.05, 3.63) is 0 Å². The summed E-state index contributed by atoms with van der Waals surface area (Å²) in [5.41, 5.74) is 0.272. The summed E-state index contributed by atoms with van der Waals surface area (Å²) in [6.45, 7) is 12.8. The van der Waals surface area contributed by atoms with Crippen molar-refractivity contribution in [1.82, 2.24) is 10.2 Å². The van der Waals surface area contributed by atoms with Crippen LogP contribution in [0.1, 0.15) is 65.7 Å². The third-order valence-corrected chi connectivity index (χ3v) is 5.57. The molecular formula is C18H36N2O. The molecule has 0 aliphatic carbocycles. The molecule has 2 rings (SSSR count). The second-order valence-corrected chi connectivity index (χ2v) is 7.50. The van der Waals surface area contributed by atoms with E-state index in [1.54, 1.807) is 0 Å². The summed E-state index contributed by atoms with van der Waals surface area (Å²) in [5.74, 6) is 0.845. The van der Waals surface area contributed by atoms with E-state index in [-0.39, 0.29) is 5.54 Å². The van der Waals surface area contributed by atoms with Gasteiger partial charge < -0.3 is 10.1 Å². The van der Waals surface area contributed by atoms with E-state index >= 15 is 0 Å². The monoisotopic (exact) mass is 296 g/mol. The summed E-state index contributed by atoms with van der Waals surface area (Å²) >= 11 is 0. The van der Waals surface area contributed by atoms with Crippen molar-refractivity contribution in [2.75, 3.05) is 32.8 Å². The SMILES string of the molecule is CCCNC(CC1CCOCC1)C(C)(C)N1CCCCC1. The van der Waals surface area contributed by atoms with Gasteiger partial charge in [0.1, 0.15) is 0 Å². The van der Waals surface area contributed by atoms with E-state index in [0.717, 1.165) is 25.7 Å². The quantitative estimate of drug-likeness (QED) is 0.779. The number of ether oxygens (including phenoxy) is 1. The molecule has 1 N–H and O–H groups in total. The Bertz CT molecular complexity index is 281. The first kappa shape index (κ1) is 17.2. The molecule has 1 unspecified atom stereocenters. The first-order valence-electron chi connectivity index (χ1n) is 9.20. The summed E-state index contributed by atoms with van der Waals surface area (Å²) < 4.78 is 5.53. The van der Waals surface area contributed by atoms with E-state index in [2.05, 4.69) is 31.0 Å². The molecule has 0 saturated carbocycles. The lowest BCUT2D eigenvalue weighted by molar-refractivity contribution is 0.0285. The van der Waals surface area contributed by atoms with Gasteiger partial charge in [-0.15, -0.1) is 0 Å². The Hall–Kier alpha value is -0.120. The lowest BCUT2D eigenvalue weighted by atomic mass is 9.82. The minimum atomic E-state index is 0.272. The van der Waals surface area contributed by atoms with Gasteiger partial charge in [-0.25, -0.2) is 0 Å². The highest BCUT2D eigenvalue weighted by atomic mass is 16.5. The summed E-state index contributed by atoms with van der Waals surface area (Å²) in [6, 6.07) is 0.610. The van der Waals surface area contributed by atoms with Gasteiger partial charge in [-0.05, 0) is 77.9 Å². The second kappa shape index (κ2) is 8.50. The Morgan fingerprint density at radius 3 is 2.43 bits per heavy atom. The van der Waals surface area contributed by atoms with Gasteiger partial charge in [0.25, 0.3) is 0 Å². The average molecular weight is 296 g/mol. The second-order valence-electron chi connectivity index (χ2n) is 7.50. The Kier molecular flexibility index (Phi) is 6.97. The van der Waals surface area contributed by atoms with Gasteiger partial charge in [0.2, 0.25) is 0 Å². The van der Waals surface area contributed by atoms with Crippen molar-refractivity contribution < 1.29 is 4.74 Å². The largest absolute Gasteiger partial charge is 0.381 e. The number of nitrogens with zero attached hydrogens (tertiary/aromatic N) is 1. The van der Waals surface area contributed by atoms with Crippen LogP contribution in [0.3, 0.4) is 0 Å². The smallest absolute Gasteiger partial charge is 0.0468 e. The van der Waals surface area contributed by atoms with Gasteiger partial charge in [0, 0.05) is 24.8 Å². The third-order valence-electron chi connectivity index (χ3n) is 5.57. The van der Waals surface area contributed by atoms with Crippen molar-refractivity contribution in [1.29, 1.82) is 0 Å². The summed E-state index contributed by atoms with van der Waals surface area (Å²) in [6.07, 6.45) is 9.20. The van der Waals surface area contributed by atoms with Crippen molar-refractivity contribution in [3.63, 3.8) is 0 Å². The molecule has 1 atom stereocenters. The van der Waals surface area contributed by atoms with E-state index in [4.69, 9.17) is 4.74 Å². The Morgan fingerprint density at radius 2 is 1.81 bits per heavy atom. The number of hydrogen-bond acceptors (Lipinski definition) is 3. The molecule has 0 aromatic carbocycles. The summed E-state index contributed by atoms with van der Waals surface area (Å²) in [5, 5.41) is 3.87. The van der Waals surface area contributed by atoms with Gasteiger partial charge >= 0.3 is 0 Å². The highest BCUT2D eigenvalue weighted by Crippen LogP contribution is 2.30. The lowest BCUT2D eigenvalue weighted by Gasteiger charge is -2.47. The molecule has 0 aromatic heterocycles. The lowest BCUT2D eigenvalue weighted by Crippen LogP contribution is -2.59. The van der Waals surface area contributed by atoms with Crippen LogP contribution in [-0.2, 0) is 4.74 Å². The fraction of sp³-hybridized carbons (Fsp3) is 1.00. The van der Waals surface area contributed by atoms with Gasteiger partial charge in [0.05, 0.1) is 0 Å². The maximum Gasteiger partial charge on any atom is 0.0468 e. The Morgan fingerprint density at radius 1 is 1.14 bits per heavy atom. The predicted octanol–water partition coefficient (Wildman–Crippen LogP) is 3.44. The number of piperidine rings is 1. The van der Waals surface area contributed by atoms with Crippen LogP contribution < -0.4 is 5.32 Å². The molecular weight excluding hydrogens is 260 g/mol. The molecule has 0 bridgehead atoms. The fourth-order valence-electron chi connectivity index (χ4n) is 3.95. The molecule has 21 heavy (non-hydrogen) atoms. The molecule has 2 aliphatic rings. The molecule has 3 heteroatoms. The molecule has 2 fully saturated rings. The minimum Gasteiger partial charge on any atom is -0.381 e. The molecule has 0 aromatic rings. The average Bonchev–Trinajstić information content (AvgIpc) is 2.53. The highest BCUT2D eigenvalue weighted by Gasteiger charge is 2.36. The molecule has 0 radical (unpaired) electrons. The zero-order chi connectivity index (χ0) is 15.1. The predicted molar refractivity (Wildman–Crippen MR) is 89.7 cm³/mol. The normalized spacial score (nSPS) is 24.1. The van der Waals surface area contributed by atoms with Crippen molar-refractivity contribution >= 4 is 0 Å². The number of rotatable bonds is 7. The fourth-order valence-corrected chi connectivity index (χ4v) is 3.95. The molecule has 3 nitrogen and oxygen atoms in total. The molecule has 2 heterocycles. The van der Waals surface area contributed by atoms with E-state index in [0.29, 0.717) is 6.04 Å². The van der Waals surface area contributed by atoms with Crippen LogP contribution in [0.25, 0.3) is 0 Å².